The molecule has 2 aromatic rings. The lowest BCUT2D eigenvalue weighted by atomic mass is 10.2. The maximum absolute atomic E-state index is 11.0. The van der Waals surface area contributed by atoms with Crippen molar-refractivity contribution in [1.29, 1.82) is 0 Å². The second kappa shape index (κ2) is 6.45. The minimum atomic E-state index is -0.453. The second-order valence-electron chi connectivity index (χ2n) is 4.54. The predicted molar refractivity (Wildman–Crippen MR) is 83.5 cm³/mol. The van der Waals surface area contributed by atoms with Crippen LogP contribution in [0.25, 0.3) is 0 Å². The van der Waals surface area contributed by atoms with E-state index in [1.165, 1.54) is 12.1 Å². The molecule has 6 heteroatoms. The molecule has 0 aliphatic rings. The monoisotopic (exact) mass is 306 g/mol. The first-order valence-electron chi connectivity index (χ1n) is 6.47. The number of nitro groups is 1. The molecule has 0 aromatic heterocycles. The van der Waals surface area contributed by atoms with Crippen LogP contribution in [0, 0.1) is 17.0 Å². The Morgan fingerprint density at radius 3 is 2.71 bits per heavy atom. The molecule has 0 heterocycles. The molecule has 0 bridgehead atoms. The molecule has 0 aliphatic carbocycles. The smallest absolute Gasteiger partial charge is 0.275 e. The molecule has 0 radical (unpaired) electrons. The zero-order chi connectivity index (χ0) is 15.4. The first-order chi connectivity index (χ1) is 9.99. The van der Waals surface area contributed by atoms with Crippen molar-refractivity contribution < 1.29 is 9.66 Å². The van der Waals surface area contributed by atoms with Gasteiger partial charge in [0.05, 0.1) is 16.0 Å². The molecular weight excluding hydrogens is 292 g/mol. The van der Waals surface area contributed by atoms with Gasteiger partial charge in [0.15, 0.2) is 0 Å². The van der Waals surface area contributed by atoms with E-state index in [0.717, 1.165) is 5.56 Å². The van der Waals surface area contributed by atoms with Gasteiger partial charge in [-0.1, -0.05) is 17.7 Å². The molecule has 21 heavy (non-hydrogen) atoms. The van der Waals surface area contributed by atoms with E-state index in [9.17, 15) is 10.1 Å². The summed E-state index contributed by atoms with van der Waals surface area (Å²) in [5, 5.41) is 14.5. The average Bonchev–Trinajstić information content (AvgIpc) is 2.43. The van der Waals surface area contributed by atoms with Crippen LogP contribution in [-0.2, 0) is 0 Å². The van der Waals surface area contributed by atoms with Crippen molar-refractivity contribution in [1.82, 2.24) is 0 Å². The topological polar surface area (TPSA) is 64.4 Å². The fourth-order valence-corrected chi connectivity index (χ4v) is 2.03. The van der Waals surface area contributed by atoms with Crippen molar-refractivity contribution in [3.8, 4) is 11.5 Å². The summed E-state index contributed by atoms with van der Waals surface area (Å²) >= 11 is 6.07. The standard InChI is InChI=1S/C15H15ClN2O3/c1-3-17-11-7-12(18(19)20)9-13(8-11)21-15-6-10(2)4-5-14(15)16/h4-9,17H,3H2,1-2H3. The number of non-ortho nitro benzene ring substituents is 1. The van der Waals surface area contributed by atoms with E-state index >= 15 is 0 Å². The minimum Gasteiger partial charge on any atom is -0.455 e. The summed E-state index contributed by atoms with van der Waals surface area (Å²) in [7, 11) is 0. The SMILES string of the molecule is CCNc1cc(Oc2cc(C)ccc2Cl)cc([N+](=O)[O-])c1. The Hall–Kier alpha value is -2.27. The number of aryl methyl sites for hydroxylation is 1. The Bertz CT molecular complexity index is 674. The summed E-state index contributed by atoms with van der Waals surface area (Å²) < 4.78 is 5.69. The van der Waals surface area contributed by atoms with Gasteiger partial charge >= 0.3 is 0 Å². The van der Waals surface area contributed by atoms with Crippen molar-refractivity contribution in [2.24, 2.45) is 0 Å². The molecule has 0 spiro atoms. The maximum atomic E-state index is 11.0. The van der Waals surface area contributed by atoms with Gasteiger partial charge in [0.1, 0.15) is 11.5 Å². The van der Waals surface area contributed by atoms with Crippen LogP contribution >= 0.6 is 11.6 Å². The third-order valence-corrected chi connectivity index (χ3v) is 3.11. The highest BCUT2D eigenvalue weighted by Gasteiger charge is 2.12. The van der Waals surface area contributed by atoms with Crippen molar-refractivity contribution >= 4 is 23.0 Å². The van der Waals surface area contributed by atoms with Crippen LogP contribution in [0.3, 0.4) is 0 Å². The van der Waals surface area contributed by atoms with Crippen molar-refractivity contribution in [3.63, 3.8) is 0 Å². The van der Waals surface area contributed by atoms with E-state index in [-0.39, 0.29) is 5.69 Å². The summed E-state index contributed by atoms with van der Waals surface area (Å²) in [4.78, 5) is 10.5. The Kier molecular flexibility index (Phi) is 4.65. The van der Waals surface area contributed by atoms with Crippen LogP contribution in [0.2, 0.25) is 5.02 Å². The molecule has 1 N–H and O–H groups in total. The van der Waals surface area contributed by atoms with Crippen molar-refractivity contribution in [2.45, 2.75) is 13.8 Å². The zero-order valence-corrected chi connectivity index (χ0v) is 12.5. The van der Waals surface area contributed by atoms with E-state index < -0.39 is 4.92 Å². The largest absolute Gasteiger partial charge is 0.455 e. The Labute approximate surface area is 127 Å². The number of rotatable bonds is 5. The first-order valence-corrected chi connectivity index (χ1v) is 6.84. The lowest BCUT2D eigenvalue weighted by molar-refractivity contribution is -0.384. The molecule has 0 atom stereocenters. The van der Waals surface area contributed by atoms with Crippen molar-refractivity contribution in [3.05, 3.63) is 57.1 Å². The van der Waals surface area contributed by atoms with E-state index in [0.29, 0.717) is 28.8 Å². The third-order valence-electron chi connectivity index (χ3n) is 2.80. The normalized spacial score (nSPS) is 10.2. The molecule has 2 rings (SSSR count). The first kappa shape index (κ1) is 15.1. The molecule has 2 aromatic carbocycles. The van der Waals surface area contributed by atoms with Gasteiger partial charge in [-0.3, -0.25) is 10.1 Å². The van der Waals surface area contributed by atoms with Gasteiger partial charge in [0, 0.05) is 24.4 Å². The Morgan fingerprint density at radius 1 is 1.29 bits per heavy atom. The van der Waals surface area contributed by atoms with Crippen LogP contribution in [0.5, 0.6) is 11.5 Å². The van der Waals surface area contributed by atoms with Gasteiger partial charge in [0.25, 0.3) is 5.69 Å². The van der Waals surface area contributed by atoms with E-state index in [4.69, 9.17) is 16.3 Å². The minimum absolute atomic E-state index is 0.0350. The Morgan fingerprint density at radius 2 is 2.05 bits per heavy atom. The zero-order valence-electron chi connectivity index (χ0n) is 11.7. The van der Waals surface area contributed by atoms with E-state index in [2.05, 4.69) is 5.32 Å². The van der Waals surface area contributed by atoms with Gasteiger partial charge in [-0.2, -0.15) is 0 Å². The fraction of sp³-hybridized carbons (Fsp3) is 0.200. The number of nitrogens with one attached hydrogen (secondary N) is 1. The van der Waals surface area contributed by atoms with Gasteiger partial charge < -0.3 is 10.1 Å². The number of benzene rings is 2. The Balaban J connectivity index is 2.38. The summed E-state index contributed by atoms with van der Waals surface area (Å²) in [5.41, 5.74) is 1.59. The maximum Gasteiger partial charge on any atom is 0.275 e. The average molecular weight is 307 g/mol. The number of ether oxygens (including phenoxy) is 1. The molecule has 0 saturated heterocycles. The van der Waals surface area contributed by atoms with Crippen LogP contribution < -0.4 is 10.1 Å². The van der Waals surface area contributed by atoms with Crippen LogP contribution in [0.15, 0.2) is 36.4 Å². The number of halogens is 1. The lowest BCUT2D eigenvalue weighted by Gasteiger charge is -2.10. The van der Waals surface area contributed by atoms with Crippen LogP contribution in [-0.4, -0.2) is 11.5 Å². The fourth-order valence-electron chi connectivity index (χ4n) is 1.87. The molecule has 0 unspecified atom stereocenters. The summed E-state index contributed by atoms with van der Waals surface area (Å²) in [6.07, 6.45) is 0. The highest BCUT2D eigenvalue weighted by atomic mass is 35.5. The van der Waals surface area contributed by atoms with Gasteiger partial charge in [-0.25, -0.2) is 0 Å². The molecule has 5 nitrogen and oxygen atoms in total. The number of hydrogen-bond acceptors (Lipinski definition) is 4. The molecule has 0 saturated carbocycles. The number of anilines is 1. The van der Waals surface area contributed by atoms with Crippen LogP contribution in [0.1, 0.15) is 12.5 Å². The van der Waals surface area contributed by atoms with Gasteiger partial charge in [-0.05, 0) is 31.5 Å². The highest BCUT2D eigenvalue weighted by Crippen LogP contribution is 2.33. The molecule has 0 fully saturated rings. The lowest BCUT2D eigenvalue weighted by Crippen LogP contribution is -1.99. The number of nitro benzene ring substituents is 1. The van der Waals surface area contributed by atoms with E-state index in [1.54, 1.807) is 18.2 Å². The van der Waals surface area contributed by atoms with Gasteiger partial charge in [0.2, 0.25) is 0 Å². The summed E-state index contributed by atoms with van der Waals surface area (Å²) in [5.74, 6) is 0.840. The third kappa shape index (κ3) is 3.86. The summed E-state index contributed by atoms with van der Waals surface area (Å²) in [6, 6.07) is 9.93. The molecular formula is C15H15ClN2O3. The molecule has 0 amide bonds. The number of hydrogen-bond donors (Lipinski definition) is 1. The second-order valence-corrected chi connectivity index (χ2v) is 4.95. The predicted octanol–water partition coefficient (Wildman–Crippen LogP) is 4.78. The number of nitrogens with zero attached hydrogens (tertiary/aromatic N) is 1. The molecule has 0 aliphatic heterocycles. The quantitative estimate of drug-likeness (QED) is 0.637. The van der Waals surface area contributed by atoms with Gasteiger partial charge in [-0.15, -0.1) is 0 Å². The summed E-state index contributed by atoms with van der Waals surface area (Å²) in [6.45, 7) is 4.49. The highest BCUT2D eigenvalue weighted by molar-refractivity contribution is 6.32. The molecule has 110 valence electrons. The van der Waals surface area contributed by atoms with E-state index in [1.807, 2.05) is 19.9 Å². The van der Waals surface area contributed by atoms with Crippen LogP contribution in [0.4, 0.5) is 11.4 Å². The van der Waals surface area contributed by atoms with Crippen molar-refractivity contribution in [2.75, 3.05) is 11.9 Å².